The highest BCUT2D eigenvalue weighted by Gasteiger charge is 2.31. The van der Waals surface area contributed by atoms with E-state index in [1.54, 1.807) is 6.07 Å². The van der Waals surface area contributed by atoms with Gasteiger partial charge < -0.3 is 4.74 Å². The Morgan fingerprint density at radius 3 is 2.13 bits per heavy atom. The Morgan fingerprint density at radius 2 is 1.55 bits per heavy atom. The zero-order valence-corrected chi connectivity index (χ0v) is 19.8. The van der Waals surface area contributed by atoms with Crippen LogP contribution in [0, 0.1) is 17.7 Å². The van der Waals surface area contributed by atoms with E-state index >= 15 is 4.39 Å². The van der Waals surface area contributed by atoms with Crippen LogP contribution in [0.4, 0.5) is 4.39 Å². The summed E-state index contributed by atoms with van der Waals surface area (Å²) in [5.74, 6) is 1.67. The van der Waals surface area contributed by atoms with Crippen molar-refractivity contribution in [3.8, 4) is 16.9 Å². The number of halogens is 1. The van der Waals surface area contributed by atoms with Gasteiger partial charge in [0.2, 0.25) is 0 Å². The van der Waals surface area contributed by atoms with Crippen LogP contribution in [0.15, 0.2) is 42.5 Å². The van der Waals surface area contributed by atoms with E-state index in [1.165, 1.54) is 63.4 Å². The molecular weight excluding hydrogens is 383 g/mol. The van der Waals surface area contributed by atoms with E-state index < -0.39 is 0 Å². The second-order valence-corrected chi connectivity index (χ2v) is 9.41. The predicted molar refractivity (Wildman–Crippen MR) is 130 cm³/mol. The third-order valence-electron chi connectivity index (χ3n) is 6.91. The average Bonchev–Trinajstić information content (AvgIpc) is 2.79. The van der Waals surface area contributed by atoms with E-state index in [0.29, 0.717) is 23.1 Å². The normalized spacial score (nSPS) is 15.9. The van der Waals surface area contributed by atoms with Gasteiger partial charge in [0.15, 0.2) is 0 Å². The molecule has 1 atom stereocenters. The predicted octanol–water partition coefficient (Wildman–Crippen LogP) is 8.99. The number of rotatable bonds is 11. The first-order valence-electron chi connectivity index (χ1n) is 12.7. The van der Waals surface area contributed by atoms with Gasteiger partial charge in [-0.05, 0) is 67.2 Å². The Labute approximate surface area is 189 Å². The lowest BCUT2D eigenvalue weighted by molar-refractivity contribution is 0.0466. The molecule has 0 N–H and O–H groups in total. The standard InChI is InChI=1S/C29H41FO/c1-4-10-22-15-17-23(18-16-22)27-20-19-26(21-28(27)30)31-29(24(11-5-2)12-6-3)25-13-8-7-9-14-25/h15-21,24-25,29H,4-14H2,1-3H3. The molecule has 0 radical (unpaired) electrons. The van der Waals surface area contributed by atoms with Crippen LogP contribution >= 0.6 is 0 Å². The van der Waals surface area contributed by atoms with Gasteiger partial charge in [-0.3, -0.25) is 0 Å². The molecule has 0 aliphatic heterocycles. The van der Waals surface area contributed by atoms with E-state index in [9.17, 15) is 0 Å². The van der Waals surface area contributed by atoms with Gasteiger partial charge in [0.25, 0.3) is 0 Å². The molecule has 0 aromatic heterocycles. The first kappa shape index (κ1) is 23.8. The van der Waals surface area contributed by atoms with E-state index in [1.807, 2.05) is 24.3 Å². The number of hydrogen-bond acceptors (Lipinski definition) is 1. The first-order valence-corrected chi connectivity index (χ1v) is 12.7. The van der Waals surface area contributed by atoms with Crippen molar-refractivity contribution >= 4 is 0 Å². The smallest absolute Gasteiger partial charge is 0.134 e. The van der Waals surface area contributed by atoms with Crippen molar-refractivity contribution in [1.29, 1.82) is 0 Å². The van der Waals surface area contributed by atoms with E-state index in [4.69, 9.17) is 4.74 Å². The Bertz CT molecular complexity index is 770. The lowest BCUT2D eigenvalue weighted by Gasteiger charge is -2.36. The highest BCUT2D eigenvalue weighted by atomic mass is 19.1. The molecule has 0 amide bonds. The summed E-state index contributed by atoms with van der Waals surface area (Å²) in [4.78, 5) is 0. The lowest BCUT2D eigenvalue weighted by atomic mass is 9.77. The van der Waals surface area contributed by atoms with Crippen LogP contribution in [0.25, 0.3) is 11.1 Å². The quantitative estimate of drug-likeness (QED) is 0.350. The van der Waals surface area contributed by atoms with Crippen molar-refractivity contribution in [2.24, 2.45) is 11.8 Å². The van der Waals surface area contributed by atoms with Crippen LogP contribution in [0.2, 0.25) is 0 Å². The summed E-state index contributed by atoms with van der Waals surface area (Å²) < 4.78 is 21.7. The molecule has 0 bridgehead atoms. The van der Waals surface area contributed by atoms with Gasteiger partial charge in [-0.1, -0.05) is 83.6 Å². The average molecular weight is 425 g/mol. The minimum absolute atomic E-state index is 0.189. The summed E-state index contributed by atoms with van der Waals surface area (Å²) in [6, 6.07) is 13.8. The molecule has 2 heteroatoms. The topological polar surface area (TPSA) is 9.23 Å². The van der Waals surface area contributed by atoms with E-state index in [-0.39, 0.29) is 11.9 Å². The zero-order valence-electron chi connectivity index (χ0n) is 19.8. The molecule has 2 aromatic carbocycles. The van der Waals surface area contributed by atoms with Gasteiger partial charge >= 0.3 is 0 Å². The van der Waals surface area contributed by atoms with Crippen molar-refractivity contribution in [3.05, 3.63) is 53.8 Å². The summed E-state index contributed by atoms with van der Waals surface area (Å²) in [5, 5.41) is 0. The Morgan fingerprint density at radius 1 is 0.871 bits per heavy atom. The van der Waals surface area contributed by atoms with Crippen LogP contribution in [0.1, 0.15) is 90.5 Å². The second kappa shape index (κ2) is 12.3. The van der Waals surface area contributed by atoms with Crippen LogP contribution in [-0.2, 0) is 6.42 Å². The number of benzene rings is 2. The maximum atomic E-state index is 15.1. The fourth-order valence-electron chi connectivity index (χ4n) is 5.35. The fourth-order valence-corrected chi connectivity index (χ4v) is 5.35. The molecule has 1 saturated carbocycles. The Kier molecular flexibility index (Phi) is 9.43. The summed E-state index contributed by atoms with van der Waals surface area (Å²) >= 11 is 0. The molecule has 3 rings (SSSR count). The maximum absolute atomic E-state index is 15.1. The van der Waals surface area contributed by atoms with Crippen LogP contribution in [0.5, 0.6) is 5.75 Å². The van der Waals surface area contributed by atoms with Crippen molar-refractivity contribution in [3.63, 3.8) is 0 Å². The molecule has 2 aromatic rings. The number of aryl methyl sites for hydroxylation is 1. The molecule has 1 nitrogen and oxygen atoms in total. The molecule has 1 unspecified atom stereocenters. The highest BCUT2D eigenvalue weighted by Crippen LogP contribution is 2.36. The van der Waals surface area contributed by atoms with Gasteiger partial charge in [-0.15, -0.1) is 0 Å². The van der Waals surface area contributed by atoms with Crippen LogP contribution < -0.4 is 4.74 Å². The number of hydrogen-bond donors (Lipinski definition) is 0. The van der Waals surface area contributed by atoms with E-state index in [0.717, 1.165) is 18.4 Å². The summed E-state index contributed by atoms with van der Waals surface area (Å²) in [7, 11) is 0. The van der Waals surface area contributed by atoms with Crippen molar-refractivity contribution in [2.75, 3.05) is 0 Å². The molecule has 0 heterocycles. The molecule has 1 fully saturated rings. The molecule has 31 heavy (non-hydrogen) atoms. The van der Waals surface area contributed by atoms with Crippen LogP contribution in [-0.4, -0.2) is 6.10 Å². The first-order chi connectivity index (χ1) is 15.2. The van der Waals surface area contributed by atoms with Crippen molar-refractivity contribution in [2.45, 2.75) is 97.5 Å². The summed E-state index contributed by atoms with van der Waals surface area (Å²) in [6.45, 7) is 6.71. The third-order valence-corrected chi connectivity index (χ3v) is 6.91. The monoisotopic (exact) mass is 424 g/mol. The molecule has 1 aliphatic rings. The highest BCUT2D eigenvalue weighted by molar-refractivity contribution is 5.65. The second-order valence-electron chi connectivity index (χ2n) is 9.41. The Balaban J connectivity index is 1.79. The van der Waals surface area contributed by atoms with Crippen molar-refractivity contribution < 1.29 is 9.13 Å². The molecule has 0 saturated heterocycles. The Hall–Kier alpha value is -1.83. The molecule has 170 valence electrons. The van der Waals surface area contributed by atoms with Gasteiger partial charge in [0.1, 0.15) is 17.7 Å². The van der Waals surface area contributed by atoms with Gasteiger partial charge in [-0.2, -0.15) is 0 Å². The largest absolute Gasteiger partial charge is 0.490 e. The van der Waals surface area contributed by atoms with Crippen LogP contribution in [0.3, 0.4) is 0 Å². The van der Waals surface area contributed by atoms with Crippen molar-refractivity contribution in [1.82, 2.24) is 0 Å². The minimum atomic E-state index is -0.189. The van der Waals surface area contributed by atoms with Gasteiger partial charge in [-0.25, -0.2) is 4.39 Å². The third kappa shape index (κ3) is 6.57. The SMILES string of the molecule is CCCc1ccc(-c2ccc(OC(C(CCC)CCC)C3CCCCC3)cc2F)cc1. The minimum Gasteiger partial charge on any atom is -0.490 e. The molecule has 0 spiro atoms. The molecular formula is C29H41FO. The fraction of sp³-hybridized carbons (Fsp3) is 0.586. The summed E-state index contributed by atoms with van der Waals surface area (Å²) in [6.07, 6.45) is 13.6. The summed E-state index contributed by atoms with van der Waals surface area (Å²) in [5.41, 5.74) is 2.89. The molecule has 1 aliphatic carbocycles. The van der Waals surface area contributed by atoms with Gasteiger partial charge in [0.05, 0.1) is 0 Å². The van der Waals surface area contributed by atoms with E-state index in [2.05, 4.69) is 32.9 Å². The van der Waals surface area contributed by atoms with Gasteiger partial charge in [0, 0.05) is 11.6 Å². The number of ether oxygens (including phenoxy) is 1. The lowest BCUT2D eigenvalue weighted by Crippen LogP contribution is -2.36. The maximum Gasteiger partial charge on any atom is 0.134 e. The zero-order chi connectivity index (χ0) is 22.1.